The van der Waals surface area contributed by atoms with E-state index in [0.29, 0.717) is 23.5 Å². The first kappa shape index (κ1) is 18.7. The van der Waals surface area contributed by atoms with Crippen LogP contribution in [0.3, 0.4) is 0 Å². The minimum Gasteiger partial charge on any atom is -0.493 e. The van der Waals surface area contributed by atoms with Gasteiger partial charge in [-0.1, -0.05) is 18.2 Å². The molecule has 1 amide bonds. The molecule has 1 fully saturated rings. The topological polar surface area (TPSA) is 73.9 Å². The Balaban J connectivity index is 1.83. The number of anilines is 1. The van der Waals surface area contributed by atoms with Gasteiger partial charge in [-0.25, -0.2) is 9.18 Å². The van der Waals surface area contributed by atoms with E-state index in [1.807, 2.05) is 0 Å². The molecule has 0 heterocycles. The van der Waals surface area contributed by atoms with Crippen LogP contribution in [0, 0.1) is 11.7 Å². The van der Waals surface area contributed by atoms with Crippen LogP contribution in [0.2, 0.25) is 0 Å². The molecule has 7 heteroatoms. The maximum Gasteiger partial charge on any atom is 0.340 e. The first-order chi connectivity index (χ1) is 13.0. The lowest BCUT2D eigenvalue weighted by atomic mass is 10.1. The van der Waals surface area contributed by atoms with E-state index in [1.165, 1.54) is 39.5 Å². The van der Waals surface area contributed by atoms with E-state index in [1.54, 1.807) is 18.2 Å². The molecule has 2 unspecified atom stereocenters. The van der Waals surface area contributed by atoms with Gasteiger partial charge in [0.05, 0.1) is 32.6 Å². The number of rotatable bonds is 6. The minimum absolute atomic E-state index is 0.145. The van der Waals surface area contributed by atoms with Gasteiger partial charge >= 0.3 is 5.97 Å². The molecule has 0 radical (unpaired) electrons. The number of esters is 1. The molecular formula is C20H20FNO5. The van der Waals surface area contributed by atoms with Crippen LogP contribution in [0.15, 0.2) is 36.4 Å². The number of nitrogens with one attached hydrogen (secondary N) is 1. The van der Waals surface area contributed by atoms with E-state index in [4.69, 9.17) is 14.2 Å². The maximum absolute atomic E-state index is 13.9. The molecule has 1 aliphatic carbocycles. The monoisotopic (exact) mass is 373 g/mol. The summed E-state index contributed by atoms with van der Waals surface area (Å²) in [4.78, 5) is 24.7. The molecule has 0 bridgehead atoms. The molecule has 1 N–H and O–H groups in total. The van der Waals surface area contributed by atoms with E-state index in [-0.39, 0.29) is 34.8 Å². The summed E-state index contributed by atoms with van der Waals surface area (Å²) in [6.07, 6.45) is 0.549. The van der Waals surface area contributed by atoms with Crippen molar-refractivity contribution in [1.29, 1.82) is 0 Å². The fourth-order valence-electron chi connectivity index (χ4n) is 3.09. The minimum atomic E-state index is -0.618. The number of benzene rings is 2. The number of carbonyl (C=O) groups excluding carboxylic acids is 2. The van der Waals surface area contributed by atoms with Crippen molar-refractivity contribution in [1.82, 2.24) is 0 Å². The van der Waals surface area contributed by atoms with Gasteiger partial charge in [0.1, 0.15) is 5.82 Å². The number of hydrogen-bond donors (Lipinski definition) is 1. The molecule has 142 valence electrons. The molecule has 0 aliphatic heterocycles. The van der Waals surface area contributed by atoms with Crippen molar-refractivity contribution in [2.24, 2.45) is 5.92 Å². The lowest BCUT2D eigenvalue weighted by molar-refractivity contribution is -0.117. The second-order valence-electron chi connectivity index (χ2n) is 6.20. The lowest BCUT2D eigenvalue weighted by Crippen LogP contribution is -2.18. The van der Waals surface area contributed by atoms with Crippen molar-refractivity contribution >= 4 is 17.6 Å². The highest BCUT2D eigenvalue weighted by molar-refractivity contribution is 6.03. The van der Waals surface area contributed by atoms with Crippen molar-refractivity contribution in [2.45, 2.75) is 12.3 Å². The molecular weight excluding hydrogens is 353 g/mol. The highest BCUT2D eigenvalue weighted by atomic mass is 19.1. The van der Waals surface area contributed by atoms with Crippen molar-refractivity contribution in [3.05, 3.63) is 53.3 Å². The van der Waals surface area contributed by atoms with E-state index in [2.05, 4.69) is 5.32 Å². The lowest BCUT2D eigenvalue weighted by Gasteiger charge is -2.14. The predicted octanol–water partition coefficient (Wildman–Crippen LogP) is 3.37. The van der Waals surface area contributed by atoms with E-state index < -0.39 is 5.97 Å². The second kappa shape index (κ2) is 7.65. The summed E-state index contributed by atoms with van der Waals surface area (Å²) in [6.45, 7) is 0. The molecule has 27 heavy (non-hydrogen) atoms. The van der Waals surface area contributed by atoms with Crippen LogP contribution in [-0.4, -0.2) is 33.2 Å². The van der Waals surface area contributed by atoms with E-state index >= 15 is 0 Å². The van der Waals surface area contributed by atoms with Crippen LogP contribution in [0.5, 0.6) is 11.5 Å². The summed E-state index contributed by atoms with van der Waals surface area (Å²) in [5.74, 6) is -1.06. The predicted molar refractivity (Wildman–Crippen MR) is 96.8 cm³/mol. The van der Waals surface area contributed by atoms with Crippen molar-refractivity contribution < 1.29 is 28.2 Å². The van der Waals surface area contributed by atoms with Gasteiger partial charge in [0.15, 0.2) is 11.5 Å². The molecule has 2 atom stereocenters. The smallest absolute Gasteiger partial charge is 0.340 e. The molecule has 0 spiro atoms. The standard InChI is InChI=1S/C20H20FNO5/c1-25-17-9-14(20(24)27-3)16(10-18(17)26-2)22-19(23)13-8-12(13)11-6-4-5-7-15(11)21/h4-7,9-10,12-13H,8H2,1-3H3,(H,22,23). The number of hydrogen-bond acceptors (Lipinski definition) is 5. The Bertz CT molecular complexity index is 883. The highest BCUT2D eigenvalue weighted by Crippen LogP contribution is 2.49. The van der Waals surface area contributed by atoms with E-state index in [0.717, 1.165) is 0 Å². The molecule has 0 saturated heterocycles. The Labute approximate surface area is 156 Å². The van der Waals surface area contributed by atoms with Crippen LogP contribution >= 0.6 is 0 Å². The van der Waals surface area contributed by atoms with Gasteiger partial charge < -0.3 is 19.5 Å². The van der Waals surface area contributed by atoms with Gasteiger partial charge in [0, 0.05) is 18.1 Å². The van der Waals surface area contributed by atoms with Gasteiger partial charge in [0.25, 0.3) is 0 Å². The molecule has 3 rings (SSSR count). The number of ether oxygens (including phenoxy) is 3. The normalized spacial score (nSPS) is 17.8. The fourth-order valence-corrected chi connectivity index (χ4v) is 3.09. The SMILES string of the molecule is COC(=O)c1cc(OC)c(OC)cc1NC(=O)C1CC1c1ccccc1F. The molecule has 1 saturated carbocycles. The highest BCUT2D eigenvalue weighted by Gasteiger charge is 2.45. The van der Waals surface area contributed by atoms with Crippen LogP contribution in [-0.2, 0) is 9.53 Å². The molecule has 6 nitrogen and oxygen atoms in total. The summed E-state index contributed by atoms with van der Waals surface area (Å²) in [5.41, 5.74) is 0.924. The third-order valence-corrected chi connectivity index (χ3v) is 4.62. The zero-order chi connectivity index (χ0) is 19.6. The molecule has 0 aromatic heterocycles. The Morgan fingerprint density at radius 3 is 2.37 bits per heavy atom. The summed E-state index contributed by atoms with van der Waals surface area (Å²) < 4.78 is 29.1. The van der Waals surface area contributed by atoms with Gasteiger partial charge in [0.2, 0.25) is 5.91 Å². The molecule has 2 aromatic carbocycles. The van der Waals surface area contributed by atoms with Gasteiger partial charge in [-0.3, -0.25) is 4.79 Å². The van der Waals surface area contributed by atoms with Crippen LogP contribution in [0.4, 0.5) is 10.1 Å². The first-order valence-electron chi connectivity index (χ1n) is 8.39. The van der Waals surface area contributed by atoms with Crippen molar-refractivity contribution in [3.8, 4) is 11.5 Å². The quantitative estimate of drug-likeness (QED) is 0.786. The summed E-state index contributed by atoms with van der Waals surface area (Å²) in [6, 6.07) is 9.37. The number of methoxy groups -OCH3 is 3. The average Bonchev–Trinajstić information content (AvgIpc) is 3.48. The van der Waals surface area contributed by atoms with Gasteiger partial charge in [-0.05, 0) is 24.0 Å². The zero-order valence-corrected chi connectivity index (χ0v) is 15.2. The summed E-state index contributed by atoms with van der Waals surface area (Å²) in [7, 11) is 4.15. The Hall–Kier alpha value is -3.09. The fraction of sp³-hybridized carbons (Fsp3) is 0.300. The first-order valence-corrected chi connectivity index (χ1v) is 8.39. The molecule has 1 aliphatic rings. The van der Waals surface area contributed by atoms with Crippen molar-refractivity contribution in [3.63, 3.8) is 0 Å². The van der Waals surface area contributed by atoms with Crippen molar-refractivity contribution in [2.75, 3.05) is 26.6 Å². The number of halogens is 1. The Morgan fingerprint density at radius 1 is 1.07 bits per heavy atom. The van der Waals surface area contributed by atoms with Crippen LogP contribution in [0.1, 0.15) is 28.3 Å². The van der Waals surface area contributed by atoms with Gasteiger partial charge in [-0.2, -0.15) is 0 Å². The zero-order valence-electron chi connectivity index (χ0n) is 15.2. The number of carbonyl (C=O) groups is 2. The van der Waals surface area contributed by atoms with E-state index in [9.17, 15) is 14.0 Å². The van der Waals surface area contributed by atoms with Crippen LogP contribution < -0.4 is 14.8 Å². The van der Waals surface area contributed by atoms with Gasteiger partial charge in [-0.15, -0.1) is 0 Å². The molecule has 2 aromatic rings. The summed E-state index contributed by atoms with van der Waals surface area (Å²) in [5, 5.41) is 2.74. The number of amides is 1. The third kappa shape index (κ3) is 3.72. The maximum atomic E-state index is 13.9. The third-order valence-electron chi connectivity index (χ3n) is 4.62. The largest absolute Gasteiger partial charge is 0.493 e. The Kier molecular flexibility index (Phi) is 5.30. The average molecular weight is 373 g/mol. The summed E-state index contributed by atoms with van der Waals surface area (Å²) >= 11 is 0. The van der Waals surface area contributed by atoms with Crippen LogP contribution in [0.25, 0.3) is 0 Å². The Morgan fingerprint density at radius 2 is 1.74 bits per heavy atom. The second-order valence-corrected chi connectivity index (χ2v) is 6.20.